The molecule has 144 valence electrons. The highest BCUT2D eigenvalue weighted by Crippen LogP contribution is 2.27. The molecular formula is C20H25N3O4. The fourth-order valence-electron chi connectivity index (χ4n) is 3.07. The molecule has 0 bridgehead atoms. The lowest BCUT2D eigenvalue weighted by Crippen LogP contribution is -2.41. The summed E-state index contributed by atoms with van der Waals surface area (Å²) in [6, 6.07) is 7.79. The first-order valence-corrected chi connectivity index (χ1v) is 9.14. The highest BCUT2D eigenvalue weighted by atomic mass is 16.5. The first-order valence-electron chi connectivity index (χ1n) is 9.14. The zero-order valence-corrected chi connectivity index (χ0v) is 15.7. The molecule has 0 atom stereocenters. The molecule has 2 aromatic rings. The number of amides is 1. The standard InChI is InChI=1S/C20H25N3O4/c1-14-3-7-16(8-4-14)26-13-18(24)23-15-5-9-17(10-6-15)27-20-19(25-2)21-11-12-22-20/h3-4,7-8,11-12,15,17H,5-6,9-10,13H2,1-2H3,(H,23,24). The summed E-state index contributed by atoms with van der Waals surface area (Å²) in [5.74, 6) is 1.40. The normalized spacial score (nSPS) is 19.2. The van der Waals surface area contributed by atoms with Crippen LogP contribution in [0.2, 0.25) is 0 Å². The van der Waals surface area contributed by atoms with Crippen molar-refractivity contribution in [2.75, 3.05) is 13.7 Å². The quantitative estimate of drug-likeness (QED) is 0.806. The minimum absolute atomic E-state index is 0.0241. The van der Waals surface area contributed by atoms with Gasteiger partial charge in [0, 0.05) is 18.4 Å². The molecule has 27 heavy (non-hydrogen) atoms. The molecular weight excluding hydrogens is 346 g/mol. The van der Waals surface area contributed by atoms with Crippen molar-refractivity contribution in [2.45, 2.75) is 44.8 Å². The number of carbonyl (C=O) groups excluding carboxylic acids is 1. The summed E-state index contributed by atoms with van der Waals surface area (Å²) in [7, 11) is 1.54. The number of methoxy groups -OCH3 is 1. The number of aryl methyl sites for hydroxylation is 1. The molecule has 1 aromatic carbocycles. The van der Waals surface area contributed by atoms with E-state index in [1.165, 1.54) is 0 Å². The zero-order chi connectivity index (χ0) is 19.1. The SMILES string of the molecule is COc1nccnc1OC1CCC(NC(=O)COc2ccc(C)cc2)CC1. The van der Waals surface area contributed by atoms with Crippen LogP contribution in [0.15, 0.2) is 36.7 Å². The average molecular weight is 371 g/mol. The van der Waals surface area contributed by atoms with Crippen molar-refractivity contribution in [3.8, 4) is 17.5 Å². The van der Waals surface area contributed by atoms with E-state index in [2.05, 4.69) is 15.3 Å². The maximum absolute atomic E-state index is 12.1. The first kappa shape index (κ1) is 18.9. The highest BCUT2D eigenvalue weighted by molar-refractivity contribution is 5.77. The van der Waals surface area contributed by atoms with Crippen molar-refractivity contribution in [3.63, 3.8) is 0 Å². The maximum Gasteiger partial charge on any atom is 0.278 e. The van der Waals surface area contributed by atoms with E-state index in [1.54, 1.807) is 19.5 Å². The fourth-order valence-corrected chi connectivity index (χ4v) is 3.07. The lowest BCUT2D eigenvalue weighted by molar-refractivity contribution is -0.124. The van der Waals surface area contributed by atoms with E-state index in [0.717, 1.165) is 31.2 Å². The number of nitrogens with zero attached hydrogens (tertiary/aromatic N) is 2. The molecule has 3 rings (SSSR count). The number of rotatable bonds is 7. The summed E-state index contributed by atoms with van der Waals surface area (Å²) in [6.45, 7) is 2.04. The molecule has 0 aliphatic heterocycles. The molecule has 0 saturated heterocycles. The van der Waals surface area contributed by atoms with Gasteiger partial charge in [-0.15, -0.1) is 0 Å². The Hall–Kier alpha value is -2.83. The summed E-state index contributed by atoms with van der Waals surface area (Å²) < 4.78 is 16.6. The fraction of sp³-hybridized carbons (Fsp3) is 0.450. The van der Waals surface area contributed by atoms with Gasteiger partial charge in [-0.2, -0.15) is 0 Å². The number of hydrogen-bond donors (Lipinski definition) is 1. The molecule has 0 unspecified atom stereocenters. The lowest BCUT2D eigenvalue weighted by atomic mass is 9.93. The number of aromatic nitrogens is 2. The molecule has 1 saturated carbocycles. The van der Waals surface area contributed by atoms with Crippen LogP contribution in [0.3, 0.4) is 0 Å². The van der Waals surface area contributed by atoms with Crippen LogP contribution in [-0.2, 0) is 4.79 Å². The van der Waals surface area contributed by atoms with Gasteiger partial charge in [0.25, 0.3) is 17.7 Å². The molecule has 1 heterocycles. The Morgan fingerprint density at radius 1 is 1.07 bits per heavy atom. The van der Waals surface area contributed by atoms with E-state index < -0.39 is 0 Å². The van der Waals surface area contributed by atoms with E-state index in [4.69, 9.17) is 14.2 Å². The lowest BCUT2D eigenvalue weighted by Gasteiger charge is -2.29. The Balaban J connectivity index is 1.40. The molecule has 7 nitrogen and oxygen atoms in total. The maximum atomic E-state index is 12.1. The largest absolute Gasteiger partial charge is 0.484 e. The van der Waals surface area contributed by atoms with Crippen molar-refractivity contribution in [3.05, 3.63) is 42.2 Å². The molecule has 1 aliphatic rings. The molecule has 1 aliphatic carbocycles. The van der Waals surface area contributed by atoms with Crippen molar-refractivity contribution in [2.24, 2.45) is 0 Å². The van der Waals surface area contributed by atoms with Gasteiger partial charge in [0.15, 0.2) is 6.61 Å². The Bertz CT molecular complexity index is 743. The molecule has 7 heteroatoms. The van der Waals surface area contributed by atoms with Gasteiger partial charge in [0.1, 0.15) is 11.9 Å². The van der Waals surface area contributed by atoms with E-state index in [-0.39, 0.29) is 24.7 Å². The van der Waals surface area contributed by atoms with Crippen molar-refractivity contribution in [1.82, 2.24) is 15.3 Å². The predicted molar refractivity (Wildman–Crippen MR) is 100 cm³/mol. The summed E-state index contributed by atoms with van der Waals surface area (Å²) in [5, 5.41) is 3.04. The van der Waals surface area contributed by atoms with Crippen LogP contribution >= 0.6 is 0 Å². The Kier molecular flexibility index (Phi) is 6.46. The van der Waals surface area contributed by atoms with E-state index in [0.29, 0.717) is 17.5 Å². The molecule has 1 fully saturated rings. The summed E-state index contributed by atoms with van der Waals surface area (Å²) in [5.41, 5.74) is 1.16. The van der Waals surface area contributed by atoms with Crippen LogP contribution in [0.1, 0.15) is 31.2 Å². The molecule has 1 amide bonds. The molecule has 0 radical (unpaired) electrons. The molecule has 0 spiro atoms. The number of nitrogens with one attached hydrogen (secondary N) is 1. The highest BCUT2D eigenvalue weighted by Gasteiger charge is 2.25. The van der Waals surface area contributed by atoms with Crippen molar-refractivity contribution >= 4 is 5.91 Å². The van der Waals surface area contributed by atoms with Crippen LogP contribution in [0.4, 0.5) is 0 Å². The third kappa shape index (κ3) is 5.57. The molecule has 1 aromatic heterocycles. The van der Waals surface area contributed by atoms with E-state index >= 15 is 0 Å². The van der Waals surface area contributed by atoms with Crippen molar-refractivity contribution < 1.29 is 19.0 Å². The van der Waals surface area contributed by atoms with Crippen LogP contribution < -0.4 is 19.5 Å². The summed E-state index contributed by atoms with van der Waals surface area (Å²) in [4.78, 5) is 20.4. The minimum Gasteiger partial charge on any atom is -0.484 e. The third-order valence-corrected chi connectivity index (χ3v) is 4.54. The van der Waals surface area contributed by atoms with Gasteiger partial charge in [-0.25, -0.2) is 9.97 Å². The van der Waals surface area contributed by atoms with Gasteiger partial charge in [-0.1, -0.05) is 17.7 Å². The Morgan fingerprint density at radius 3 is 2.41 bits per heavy atom. The van der Waals surface area contributed by atoms with Gasteiger partial charge < -0.3 is 19.5 Å². The predicted octanol–water partition coefficient (Wildman–Crippen LogP) is 2.68. The van der Waals surface area contributed by atoms with Crippen LogP contribution in [0, 0.1) is 6.92 Å². The Morgan fingerprint density at radius 2 is 1.74 bits per heavy atom. The zero-order valence-electron chi connectivity index (χ0n) is 15.7. The van der Waals surface area contributed by atoms with Gasteiger partial charge in [-0.3, -0.25) is 4.79 Å². The van der Waals surface area contributed by atoms with Crippen LogP contribution in [0.25, 0.3) is 0 Å². The van der Waals surface area contributed by atoms with Crippen LogP contribution in [0.5, 0.6) is 17.5 Å². The average Bonchev–Trinajstić information content (AvgIpc) is 2.69. The third-order valence-electron chi connectivity index (χ3n) is 4.54. The summed E-state index contributed by atoms with van der Waals surface area (Å²) >= 11 is 0. The number of hydrogen-bond acceptors (Lipinski definition) is 6. The Labute approximate surface area is 159 Å². The monoisotopic (exact) mass is 371 g/mol. The van der Waals surface area contributed by atoms with Gasteiger partial charge in [0.2, 0.25) is 0 Å². The van der Waals surface area contributed by atoms with Crippen molar-refractivity contribution in [1.29, 1.82) is 0 Å². The van der Waals surface area contributed by atoms with Gasteiger partial charge in [-0.05, 0) is 44.7 Å². The summed E-state index contributed by atoms with van der Waals surface area (Å²) in [6.07, 6.45) is 6.57. The second-order valence-corrected chi connectivity index (χ2v) is 6.63. The topological polar surface area (TPSA) is 82.6 Å². The number of ether oxygens (including phenoxy) is 3. The number of benzene rings is 1. The second-order valence-electron chi connectivity index (χ2n) is 6.63. The van der Waals surface area contributed by atoms with Crippen LogP contribution in [-0.4, -0.2) is 41.7 Å². The van der Waals surface area contributed by atoms with E-state index in [9.17, 15) is 4.79 Å². The van der Waals surface area contributed by atoms with Gasteiger partial charge in [0.05, 0.1) is 7.11 Å². The second kappa shape index (κ2) is 9.21. The van der Waals surface area contributed by atoms with Gasteiger partial charge >= 0.3 is 0 Å². The minimum atomic E-state index is -0.101. The number of carbonyl (C=O) groups is 1. The molecule has 1 N–H and O–H groups in total. The first-order chi connectivity index (χ1) is 13.1. The smallest absolute Gasteiger partial charge is 0.278 e. The van der Waals surface area contributed by atoms with E-state index in [1.807, 2.05) is 31.2 Å².